The lowest BCUT2D eigenvalue weighted by molar-refractivity contribution is -0.117. The normalized spacial score (nSPS) is 20.8. The van der Waals surface area contributed by atoms with Crippen LogP contribution in [0.15, 0.2) is 24.3 Å². The van der Waals surface area contributed by atoms with Crippen LogP contribution < -0.4 is 5.32 Å². The first-order chi connectivity index (χ1) is 12.4. The Balaban J connectivity index is 1.47. The molecule has 0 bridgehead atoms. The summed E-state index contributed by atoms with van der Waals surface area (Å²) in [5, 5.41) is 2.72. The van der Waals surface area contributed by atoms with Crippen molar-refractivity contribution in [1.82, 2.24) is 13.5 Å². The molecule has 0 spiro atoms. The van der Waals surface area contributed by atoms with Crippen LogP contribution in [0.3, 0.4) is 0 Å². The second kappa shape index (κ2) is 8.43. The zero-order chi connectivity index (χ0) is 18.6. The molecule has 3 rings (SSSR count). The van der Waals surface area contributed by atoms with Crippen molar-refractivity contribution in [3.63, 3.8) is 0 Å². The number of nitrogens with one attached hydrogen (secondary N) is 1. The fourth-order valence-electron chi connectivity index (χ4n) is 3.31. The molecule has 2 fully saturated rings. The van der Waals surface area contributed by atoms with E-state index in [1.54, 1.807) is 4.31 Å². The zero-order valence-electron chi connectivity index (χ0n) is 14.7. The molecular formula is C17H25FN4O3S. The monoisotopic (exact) mass is 384 g/mol. The molecule has 0 saturated carbocycles. The maximum absolute atomic E-state index is 12.9. The molecule has 0 unspecified atom stereocenters. The molecule has 1 N–H and O–H groups in total. The van der Waals surface area contributed by atoms with Crippen LogP contribution >= 0.6 is 0 Å². The molecule has 2 saturated heterocycles. The highest BCUT2D eigenvalue weighted by atomic mass is 32.2. The van der Waals surface area contributed by atoms with E-state index in [4.69, 9.17) is 0 Å². The quantitative estimate of drug-likeness (QED) is 0.826. The fraction of sp³-hybridized carbons (Fsp3) is 0.588. The van der Waals surface area contributed by atoms with Crippen molar-refractivity contribution in [2.75, 3.05) is 51.1 Å². The van der Waals surface area contributed by atoms with Crippen LogP contribution in [-0.2, 0) is 15.0 Å². The van der Waals surface area contributed by atoms with Gasteiger partial charge in [-0.05, 0) is 37.1 Å². The minimum atomic E-state index is -3.39. The molecule has 2 aliphatic heterocycles. The Hall–Kier alpha value is -1.55. The lowest BCUT2D eigenvalue weighted by atomic mass is 10.2. The number of benzene rings is 1. The summed E-state index contributed by atoms with van der Waals surface area (Å²) < 4.78 is 41.3. The number of piperidine rings is 1. The van der Waals surface area contributed by atoms with Crippen LogP contribution in [0.1, 0.15) is 19.3 Å². The van der Waals surface area contributed by atoms with Crippen LogP contribution in [0, 0.1) is 5.82 Å². The van der Waals surface area contributed by atoms with E-state index < -0.39 is 10.2 Å². The molecule has 26 heavy (non-hydrogen) atoms. The molecule has 9 heteroatoms. The number of carbonyl (C=O) groups excluding carboxylic acids is 1. The van der Waals surface area contributed by atoms with E-state index in [-0.39, 0.29) is 18.3 Å². The topological polar surface area (TPSA) is 73.0 Å². The van der Waals surface area contributed by atoms with Crippen LogP contribution in [0.5, 0.6) is 0 Å². The largest absolute Gasteiger partial charge is 0.325 e. The number of piperazine rings is 1. The molecule has 0 radical (unpaired) electrons. The summed E-state index contributed by atoms with van der Waals surface area (Å²) in [5.41, 5.74) is 0.544. The molecule has 2 aliphatic rings. The van der Waals surface area contributed by atoms with E-state index >= 15 is 0 Å². The third kappa shape index (κ3) is 4.79. The van der Waals surface area contributed by atoms with Crippen molar-refractivity contribution in [2.45, 2.75) is 19.3 Å². The van der Waals surface area contributed by atoms with Crippen LogP contribution in [0.25, 0.3) is 0 Å². The van der Waals surface area contributed by atoms with Gasteiger partial charge in [-0.3, -0.25) is 9.69 Å². The maximum Gasteiger partial charge on any atom is 0.282 e. The molecule has 1 aromatic rings. The summed E-state index contributed by atoms with van der Waals surface area (Å²) >= 11 is 0. The minimum Gasteiger partial charge on any atom is -0.325 e. The number of amides is 1. The summed E-state index contributed by atoms with van der Waals surface area (Å²) in [6.45, 7) is 3.21. The van der Waals surface area contributed by atoms with Gasteiger partial charge in [-0.2, -0.15) is 17.0 Å². The van der Waals surface area contributed by atoms with E-state index in [9.17, 15) is 17.6 Å². The first-order valence-electron chi connectivity index (χ1n) is 8.98. The molecule has 1 aromatic carbocycles. The lowest BCUT2D eigenvalue weighted by Gasteiger charge is -2.37. The maximum atomic E-state index is 12.9. The average Bonchev–Trinajstić information content (AvgIpc) is 2.65. The van der Waals surface area contributed by atoms with Crippen molar-refractivity contribution in [2.24, 2.45) is 0 Å². The molecule has 144 valence electrons. The van der Waals surface area contributed by atoms with Gasteiger partial charge >= 0.3 is 0 Å². The number of rotatable bonds is 5. The predicted octanol–water partition coefficient (Wildman–Crippen LogP) is 1.11. The van der Waals surface area contributed by atoms with Crippen molar-refractivity contribution in [3.05, 3.63) is 30.1 Å². The highest BCUT2D eigenvalue weighted by molar-refractivity contribution is 7.86. The third-order valence-corrected chi connectivity index (χ3v) is 6.83. The van der Waals surface area contributed by atoms with Gasteiger partial charge in [0.15, 0.2) is 0 Å². The Bertz CT molecular complexity index is 712. The van der Waals surface area contributed by atoms with Gasteiger partial charge in [0.05, 0.1) is 6.54 Å². The van der Waals surface area contributed by atoms with Gasteiger partial charge in [0.1, 0.15) is 5.82 Å². The van der Waals surface area contributed by atoms with Crippen molar-refractivity contribution in [1.29, 1.82) is 0 Å². The number of anilines is 1. The number of hydrogen-bond donors (Lipinski definition) is 1. The third-order valence-electron chi connectivity index (χ3n) is 4.79. The molecular weight excluding hydrogens is 359 g/mol. The van der Waals surface area contributed by atoms with Crippen LogP contribution in [0.2, 0.25) is 0 Å². The molecule has 1 amide bonds. The van der Waals surface area contributed by atoms with Gasteiger partial charge in [0, 0.05) is 45.0 Å². The molecule has 7 nitrogen and oxygen atoms in total. The second-order valence-electron chi connectivity index (χ2n) is 6.70. The highest BCUT2D eigenvalue weighted by Crippen LogP contribution is 2.18. The molecule has 0 aliphatic carbocycles. The Morgan fingerprint density at radius 2 is 1.50 bits per heavy atom. The summed E-state index contributed by atoms with van der Waals surface area (Å²) in [7, 11) is -3.39. The minimum absolute atomic E-state index is 0.189. The fourth-order valence-corrected chi connectivity index (χ4v) is 4.99. The first-order valence-corrected chi connectivity index (χ1v) is 10.4. The highest BCUT2D eigenvalue weighted by Gasteiger charge is 2.33. The lowest BCUT2D eigenvalue weighted by Crippen LogP contribution is -2.54. The van der Waals surface area contributed by atoms with Crippen molar-refractivity contribution < 1.29 is 17.6 Å². The van der Waals surface area contributed by atoms with E-state index in [1.165, 1.54) is 28.6 Å². The molecule has 0 atom stereocenters. The number of hydrogen-bond acceptors (Lipinski definition) is 4. The van der Waals surface area contributed by atoms with Gasteiger partial charge in [-0.1, -0.05) is 6.42 Å². The Labute approximate surface area is 153 Å². The molecule has 0 aromatic heterocycles. The first kappa shape index (κ1) is 19.2. The summed E-state index contributed by atoms with van der Waals surface area (Å²) in [6, 6.07) is 5.60. The SMILES string of the molecule is O=C(CN1CCN(S(=O)(=O)N2CCCCC2)CC1)Nc1ccc(F)cc1. The van der Waals surface area contributed by atoms with Gasteiger partial charge < -0.3 is 5.32 Å². The average molecular weight is 384 g/mol. The molecule has 2 heterocycles. The van der Waals surface area contributed by atoms with Crippen molar-refractivity contribution >= 4 is 21.8 Å². The van der Waals surface area contributed by atoms with E-state index in [0.717, 1.165) is 19.3 Å². The Morgan fingerprint density at radius 3 is 2.12 bits per heavy atom. The van der Waals surface area contributed by atoms with Crippen LogP contribution in [0.4, 0.5) is 10.1 Å². The van der Waals surface area contributed by atoms with Gasteiger partial charge in [0.25, 0.3) is 10.2 Å². The Morgan fingerprint density at radius 1 is 0.923 bits per heavy atom. The van der Waals surface area contributed by atoms with Gasteiger partial charge in [-0.15, -0.1) is 0 Å². The summed E-state index contributed by atoms with van der Waals surface area (Å²) in [6.07, 6.45) is 2.93. The number of halogens is 1. The van der Waals surface area contributed by atoms with E-state index in [0.29, 0.717) is 45.0 Å². The smallest absolute Gasteiger partial charge is 0.282 e. The summed E-state index contributed by atoms with van der Waals surface area (Å²) in [4.78, 5) is 14.0. The predicted molar refractivity (Wildman–Crippen MR) is 97.4 cm³/mol. The van der Waals surface area contributed by atoms with Gasteiger partial charge in [0.2, 0.25) is 5.91 Å². The summed E-state index contributed by atoms with van der Waals surface area (Å²) in [5.74, 6) is -0.544. The second-order valence-corrected chi connectivity index (χ2v) is 8.63. The van der Waals surface area contributed by atoms with E-state index in [1.807, 2.05) is 4.90 Å². The standard InChI is InChI=1S/C17H25FN4O3S/c18-15-4-6-16(7-5-15)19-17(23)14-20-10-12-22(13-11-20)26(24,25)21-8-2-1-3-9-21/h4-7H,1-3,8-14H2,(H,19,23). The number of carbonyl (C=O) groups is 1. The van der Waals surface area contributed by atoms with E-state index in [2.05, 4.69) is 5.32 Å². The van der Waals surface area contributed by atoms with Crippen molar-refractivity contribution in [3.8, 4) is 0 Å². The van der Waals surface area contributed by atoms with Crippen LogP contribution in [-0.4, -0.2) is 73.6 Å². The Kier molecular flexibility index (Phi) is 6.23. The van der Waals surface area contributed by atoms with Gasteiger partial charge in [-0.25, -0.2) is 4.39 Å². The zero-order valence-corrected chi connectivity index (χ0v) is 15.5. The number of nitrogens with zero attached hydrogens (tertiary/aromatic N) is 3.